The molecule has 6 heteroatoms. The molecule has 1 heterocycles. The van der Waals surface area contributed by atoms with Crippen LogP contribution in [0.2, 0.25) is 0 Å². The summed E-state index contributed by atoms with van der Waals surface area (Å²) in [5.74, 6) is 2.53. The highest BCUT2D eigenvalue weighted by molar-refractivity contribution is 9.10. The van der Waals surface area contributed by atoms with Crippen LogP contribution in [0.3, 0.4) is 0 Å². The second-order valence-electron chi connectivity index (χ2n) is 6.37. The van der Waals surface area contributed by atoms with Gasteiger partial charge in [0.05, 0.1) is 13.2 Å². The van der Waals surface area contributed by atoms with E-state index in [4.69, 9.17) is 4.74 Å². The molecule has 1 aromatic heterocycles. The molecule has 0 fully saturated rings. The molecule has 0 aliphatic heterocycles. The van der Waals surface area contributed by atoms with E-state index >= 15 is 0 Å². The Labute approximate surface area is 183 Å². The molecular formula is C23H20BrN3OS. The molecule has 4 aromatic rings. The van der Waals surface area contributed by atoms with Gasteiger partial charge < -0.3 is 4.74 Å². The van der Waals surface area contributed by atoms with Crippen molar-refractivity contribution in [1.29, 1.82) is 0 Å². The molecule has 3 aromatic carbocycles. The van der Waals surface area contributed by atoms with Gasteiger partial charge in [-0.2, -0.15) is 0 Å². The van der Waals surface area contributed by atoms with E-state index in [1.807, 2.05) is 54.6 Å². The molecule has 0 radical (unpaired) electrons. The van der Waals surface area contributed by atoms with Crippen molar-refractivity contribution in [2.75, 3.05) is 12.4 Å². The third kappa shape index (κ3) is 5.08. The topological polar surface area (TPSA) is 39.9 Å². The van der Waals surface area contributed by atoms with Gasteiger partial charge in [-0.15, -0.1) is 10.2 Å². The Morgan fingerprint density at radius 1 is 0.828 bits per heavy atom. The van der Waals surface area contributed by atoms with Gasteiger partial charge in [-0.05, 0) is 23.8 Å². The molecule has 0 saturated carbocycles. The maximum absolute atomic E-state index is 5.81. The van der Waals surface area contributed by atoms with E-state index in [1.165, 1.54) is 5.56 Å². The van der Waals surface area contributed by atoms with Crippen LogP contribution >= 0.6 is 27.7 Å². The largest absolute Gasteiger partial charge is 0.493 e. The lowest BCUT2D eigenvalue weighted by atomic mass is 10.2. The fourth-order valence-electron chi connectivity index (χ4n) is 2.95. The highest BCUT2D eigenvalue weighted by Crippen LogP contribution is 2.30. The summed E-state index contributed by atoms with van der Waals surface area (Å²) in [5.41, 5.74) is 2.24. The minimum atomic E-state index is 0.608. The van der Waals surface area contributed by atoms with E-state index in [9.17, 15) is 0 Å². The molecule has 146 valence electrons. The first-order chi connectivity index (χ1) is 14.3. The van der Waals surface area contributed by atoms with Gasteiger partial charge in [0.15, 0.2) is 11.0 Å². The van der Waals surface area contributed by atoms with E-state index in [0.717, 1.165) is 32.5 Å². The number of nitrogens with zero attached hydrogens (tertiary/aromatic N) is 3. The highest BCUT2D eigenvalue weighted by Gasteiger charge is 2.16. The van der Waals surface area contributed by atoms with Crippen LogP contribution in [-0.4, -0.2) is 27.1 Å². The van der Waals surface area contributed by atoms with Gasteiger partial charge in [0, 0.05) is 15.8 Å². The van der Waals surface area contributed by atoms with E-state index in [-0.39, 0.29) is 0 Å². The predicted molar refractivity (Wildman–Crippen MR) is 121 cm³/mol. The summed E-state index contributed by atoms with van der Waals surface area (Å²) >= 11 is 5.30. The lowest BCUT2D eigenvalue weighted by Gasteiger charge is -2.12. The number of hydrogen-bond donors (Lipinski definition) is 0. The molecule has 0 unspecified atom stereocenters. The van der Waals surface area contributed by atoms with Crippen LogP contribution in [0.25, 0.3) is 11.4 Å². The summed E-state index contributed by atoms with van der Waals surface area (Å²) in [5, 5.41) is 9.86. The first-order valence-electron chi connectivity index (χ1n) is 9.34. The summed E-state index contributed by atoms with van der Waals surface area (Å²) in [4.78, 5) is 0. The first kappa shape index (κ1) is 19.7. The zero-order valence-electron chi connectivity index (χ0n) is 15.7. The Bertz CT molecular complexity index is 1050. The van der Waals surface area contributed by atoms with Crippen LogP contribution < -0.4 is 4.74 Å². The molecule has 0 aliphatic carbocycles. The zero-order chi connectivity index (χ0) is 19.9. The van der Waals surface area contributed by atoms with Crippen molar-refractivity contribution in [3.05, 3.63) is 95.0 Å². The van der Waals surface area contributed by atoms with Crippen LogP contribution in [-0.2, 0) is 6.54 Å². The van der Waals surface area contributed by atoms with Gasteiger partial charge in [-0.3, -0.25) is 4.57 Å². The molecular weight excluding hydrogens is 446 g/mol. The first-order valence-corrected chi connectivity index (χ1v) is 11.1. The lowest BCUT2D eigenvalue weighted by Crippen LogP contribution is -2.06. The van der Waals surface area contributed by atoms with Crippen molar-refractivity contribution >= 4 is 27.7 Å². The average molecular weight is 466 g/mol. The second-order valence-corrected chi connectivity index (χ2v) is 8.28. The molecule has 0 aliphatic rings. The van der Waals surface area contributed by atoms with E-state index in [1.54, 1.807) is 11.8 Å². The number of para-hydroxylation sites is 1. The van der Waals surface area contributed by atoms with E-state index < -0.39 is 0 Å². The van der Waals surface area contributed by atoms with Crippen molar-refractivity contribution in [2.24, 2.45) is 0 Å². The number of hydrogen-bond acceptors (Lipinski definition) is 4. The summed E-state index contributed by atoms with van der Waals surface area (Å²) in [6.45, 7) is 1.32. The number of benzene rings is 3. The molecule has 4 nitrogen and oxygen atoms in total. The third-order valence-electron chi connectivity index (χ3n) is 4.34. The Morgan fingerprint density at radius 2 is 1.52 bits per heavy atom. The van der Waals surface area contributed by atoms with Gasteiger partial charge in [-0.1, -0.05) is 94.4 Å². The Kier molecular flexibility index (Phi) is 6.64. The molecule has 29 heavy (non-hydrogen) atoms. The molecule has 0 atom stereocenters. The SMILES string of the molecule is Brc1ccccc1-c1nnc(SCCOc2ccccc2)n1Cc1ccccc1. The quantitative estimate of drug-likeness (QED) is 0.239. The average Bonchev–Trinajstić information content (AvgIpc) is 3.15. The zero-order valence-corrected chi connectivity index (χ0v) is 18.1. The molecule has 0 saturated heterocycles. The monoisotopic (exact) mass is 465 g/mol. The number of rotatable bonds is 8. The number of ether oxygens (including phenoxy) is 1. The van der Waals surface area contributed by atoms with Crippen molar-refractivity contribution in [1.82, 2.24) is 14.8 Å². The van der Waals surface area contributed by atoms with Crippen LogP contribution in [0, 0.1) is 0 Å². The maximum Gasteiger partial charge on any atom is 0.191 e. The number of thioether (sulfide) groups is 1. The summed E-state index contributed by atoms with van der Waals surface area (Å²) in [6, 6.07) is 28.3. The lowest BCUT2D eigenvalue weighted by molar-refractivity contribution is 0.344. The van der Waals surface area contributed by atoms with E-state index in [0.29, 0.717) is 13.2 Å². The van der Waals surface area contributed by atoms with Crippen LogP contribution in [0.5, 0.6) is 5.75 Å². The summed E-state index contributed by atoms with van der Waals surface area (Å²) in [7, 11) is 0. The van der Waals surface area contributed by atoms with Crippen molar-refractivity contribution < 1.29 is 4.74 Å². The van der Waals surface area contributed by atoms with Gasteiger partial charge in [0.1, 0.15) is 5.75 Å². The van der Waals surface area contributed by atoms with Gasteiger partial charge in [0.2, 0.25) is 0 Å². The third-order valence-corrected chi connectivity index (χ3v) is 5.96. The molecule has 0 amide bonds. The standard InChI is InChI=1S/C23H20BrN3OS/c24-21-14-8-7-13-20(21)22-25-26-23(27(22)17-18-9-3-1-4-10-18)29-16-15-28-19-11-5-2-6-12-19/h1-14H,15-17H2. The van der Waals surface area contributed by atoms with Gasteiger partial charge in [-0.25, -0.2) is 0 Å². The fraction of sp³-hybridized carbons (Fsp3) is 0.130. The highest BCUT2D eigenvalue weighted by atomic mass is 79.9. The van der Waals surface area contributed by atoms with E-state index in [2.05, 4.69) is 61.0 Å². The fourth-order valence-corrected chi connectivity index (χ4v) is 4.17. The normalized spacial score (nSPS) is 10.8. The summed E-state index contributed by atoms with van der Waals surface area (Å²) < 4.78 is 8.99. The molecule has 0 N–H and O–H groups in total. The van der Waals surface area contributed by atoms with Gasteiger partial charge >= 0.3 is 0 Å². The second kappa shape index (κ2) is 9.76. The minimum Gasteiger partial charge on any atom is -0.493 e. The Balaban J connectivity index is 1.54. The van der Waals surface area contributed by atoms with Crippen molar-refractivity contribution in [2.45, 2.75) is 11.7 Å². The predicted octanol–water partition coefficient (Wildman–Crippen LogP) is 5.93. The van der Waals surface area contributed by atoms with Crippen LogP contribution in [0.15, 0.2) is 94.6 Å². The van der Waals surface area contributed by atoms with Crippen LogP contribution in [0.1, 0.15) is 5.56 Å². The maximum atomic E-state index is 5.81. The van der Waals surface area contributed by atoms with Crippen molar-refractivity contribution in [3.63, 3.8) is 0 Å². The summed E-state index contributed by atoms with van der Waals surface area (Å²) in [6.07, 6.45) is 0. The number of halogens is 1. The number of aromatic nitrogens is 3. The molecule has 4 rings (SSSR count). The Hall–Kier alpha value is -2.57. The van der Waals surface area contributed by atoms with Gasteiger partial charge in [0.25, 0.3) is 0 Å². The molecule has 0 bridgehead atoms. The molecule has 0 spiro atoms. The smallest absolute Gasteiger partial charge is 0.191 e. The Morgan fingerprint density at radius 3 is 2.28 bits per heavy atom. The minimum absolute atomic E-state index is 0.608. The van der Waals surface area contributed by atoms with Crippen LogP contribution in [0.4, 0.5) is 0 Å². The van der Waals surface area contributed by atoms with Crippen molar-refractivity contribution in [3.8, 4) is 17.1 Å².